The van der Waals surface area contributed by atoms with Crippen LogP contribution in [0.4, 0.5) is 5.69 Å². The number of rotatable bonds is 2. The molecule has 0 unspecified atom stereocenters. The van der Waals surface area contributed by atoms with Crippen molar-refractivity contribution in [1.82, 2.24) is 4.90 Å². The second-order valence-corrected chi connectivity index (χ2v) is 9.62. The van der Waals surface area contributed by atoms with Crippen LogP contribution in [0, 0.1) is 17.8 Å². The third-order valence-electron chi connectivity index (χ3n) is 8.14. The first-order valence-corrected chi connectivity index (χ1v) is 11.5. The molecule has 0 radical (unpaired) electrons. The molecule has 2 heterocycles. The standard InChI is InChI=1S/C26H30N2O/c29-26(28-13-5-2-6-14-28)20-11-12-22-21(16-20)23-18-9-10-19(15-18)24(23)25(27-22)17-7-3-1-4-8-17/h1,3-4,7-8,11-12,16,18-19,23-25,27H,2,5-6,9-10,13-15H2/t18-,19+,23+,24-,25+/m0/s1. The summed E-state index contributed by atoms with van der Waals surface area (Å²) in [6, 6.07) is 17.9. The molecule has 2 aliphatic heterocycles. The van der Waals surface area contributed by atoms with Gasteiger partial charge in [0.05, 0.1) is 6.04 Å². The zero-order valence-corrected chi connectivity index (χ0v) is 17.0. The van der Waals surface area contributed by atoms with Crippen LogP contribution in [0.5, 0.6) is 0 Å². The Bertz CT molecular complexity index is 918. The van der Waals surface area contributed by atoms with Crippen LogP contribution in [-0.2, 0) is 0 Å². The molecule has 5 atom stereocenters. The van der Waals surface area contributed by atoms with Gasteiger partial charge < -0.3 is 10.2 Å². The lowest BCUT2D eigenvalue weighted by atomic mass is 9.68. The zero-order chi connectivity index (χ0) is 19.4. The molecule has 2 aromatic carbocycles. The molecule has 3 fully saturated rings. The van der Waals surface area contributed by atoms with Gasteiger partial charge in [-0.05, 0) is 91.5 Å². The van der Waals surface area contributed by atoms with E-state index in [9.17, 15) is 4.79 Å². The van der Waals surface area contributed by atoms with E-state index in [0.717, 1.165) is 43.3 Å². The second-order valence-electron chi connectivity index (χ2n) is 9.62. The first-order chi connectivity index (χ1) is 14.3. The molecule has 2 bridgehead atoms. The number of likely N-dealkylation sites (tertiary alicyclic amines) is 1. The fourth-order valence-corrected chi connectivity index (χ4v) is 6.89. The Hall–Kier alpha value is -2.29. The predicted molar refractivity (Wildman–Crippen MR) is 116 cm³/mol. The average molecular weight is 387 g/mol. The third-order valence-corrected chi connectivity index (χ3v) is 8.14. The molecule has 3 nitrogen and oxygen atoms in total. The maximum atomic E-state index is 13.1. The lowest BCUT2D eigenvalue weighted by Gasteiger charge is -2.43. The van der Waals surface area contributed by atoms with E-state index in [-0.39, 0.29) is 5.91 Å². The van der Waals surface area contributed by atoms with Crippen molar-refractivity contribution in [3.8, 4) is 0 Å². The van der Waals surface area contributed by atoms with Crippen molar-refractivity contribution < 1.29 is 4.79 Å². The largest absolute Gasteiger partial charge is 0.378 e. The molecule has 2 saturated carbocycles. The third kappa shape index (κ3) is 2.81. The van der Waals surface area contributed by atoms with Crippen molar-refractivity contribution in [3.63, 3.8) is 0 Å². The summed E-state index contributed by atoms with van der Waals surface area (Å²) in [5.74, 6) is 3.10. The number of nitrogens with zero attached hydrogens (tertiary/aromatic N) is 1. The van der Waals surface area contributed by atoms with Crippen LogP contribution < -0.4 is 5.32 Å². The van der Waals surface area contributed by atoms with E-state index in [1.54, 1.807) is 0 Å². The van der Waals surface area contributed by atoms with Crippen LogP contribution in [0.2, 0.25) is 0 Å². The molecule has 150 valence electrons. The SMILES string of the molecule is O=C(c1ccc2c(c1)[C@H]1[C@H]3CC[C@H](C3)[C@@H]1[C@@H](c1ccccc1)N2)N1CCCCC1. The highest BCUT2D eigenvalue weighted by Crippen LogP contribution is 2.63. The van der Waals surface area contributed by atoms with Crippen molar-refractivity contribution in [2.75, 3.05) is 18.4 Å². The summed E-state index contributed by atoms with van der Waals surface area (Å²) in [6.45, 7) is 1.84. The lowest BCUT2D eigenvalue weighted by Crippen LogP contribution is -2.37. The fraction of sp³-hybridized carbons (Fsp3) is 0.500. The molecular formula is C26H30N2O. The van der Waals surface area contributed by atoms with Gasteiger partial charge >= 0.3 is 0 Å². The Morgan fingerprint density at radius 1 is 0.931 bits per heavy atom. The van der Waals surface area contributed by atoms with Crippen LogP contribution >= 0.6 is 0 Å². The summed E-state index contributed by atoms with van der Waals surface area (Å²) in [6.07, 6.45) is 7.64. The van der Waals surface area contributed by atoms with Gasteiger partial charge in [-0.2, -0.15) is 0 Å². The molecule has 0 spiro atoms. The summed E-state index contributed by atoms with van der Waals surface area (Å²) < 4.78 is 0. The number of hydrogen-bond donors (Lipinski definition) is 1. The Morgan fingerprint density at radius 2 is 1.72 bits per heavy atom. The number of carbonyl (C=O) groups excluding carboxylic acids is 1. The van der Waals surface area contributed by atoms with Crippen LogP contribution in [-0.4, -0.2) is 23.9 Å². The summed E-state index contributed by atoms with van der Waals surface area (Å²) >= 11 is 0. The van der Waals surface area contributed by atoms with Crippen molar-refractivity contribution in [1.29, 1.82) is 0 Å². The minimum absolute atomic E-state index is 0.234. The van der Waals surface area contributed by atoms with Gasteiger partial charge in [0, 0.05) is 24.3 Å². The number of benzene rings is 2. The van der Waals surface area contributed by atoms with Gasteiger partial charge in [0.15, 0.2) is 0 Å². The number of anilines is 1. The highest BCUT2D eigenvalue weighted by Gasteiger charge is 2.53. The first-order valence-electron chi connectivity index (χ1n) is 11.5. The molecule has 1 amide bonds. The minimum Gasteiger partial charge on any atom is -0.378 e. The van der Waals surface area contributed by atoms with Gasteiger partial charge in [-0.1, -0.05) is 30.3 Å². The maximum absolute atomic E-state index is 13.1. The Kier molecular flexibility index (Phi) is 4.18. The number of piperidine rings is 1. The predicted octanol–water partition coefficient (Wildman–Crippen LogP) is 5.61. The summed E-state index contributed by atoms with van der Waals surface area (Å²) in [5.41, 5.74) is 4.97. The topological polar surface area (TPSA) is 32.3 Å². The quantitative estimate of drug-likeness (QED) is 0.728. The van der Waals surface area contributed by atoms with E-state index >= 15 is 0 Å². The monoisotopic (exact) mass is 386 g/mol. The normalized spacial score (nSPS) is 32.4. The number of fused-ring (bicyclic) bond motifs is 7. The lowest BCUT2D eigenvalue weighted by molar-refractivity contribution is 0.0724. The molecule has 1 N–H and O–H groups in total. The second kappa shape index (κ2) is 6.90. The molecule has 2 aromatic rings. The van der Waals surface area contributed by atoms with Gasteiger partial charge in [0.2, 0.25) is 0 Å². The van der Waals surface area contributed by atoms with E-state index in [1.165, 1.54) is 42.5 Å². The number of amides is 1. The van der Waals surface area contributed by atoms with Crippen LogP contribution in [0.15, 0.2) is 48.5 Å². The Labute approximate surface area is 173 Å². The maximum Gasteiger partial charge on any atom is 0.253 e. The molecular weight excluding hydrogens is 356 g/mol. The van der Waals surface area contributed by atoms with Crippen molar-refractivity contribution >= 4 is 11.6 Å². The van der Waals surface area contributed by atoms with Crippen LogP contribution in [0.1, 0.15) is 72.0 Å². The molecule has 4 aliphatic rings. The minimum atomic E-state index is 0.234. The summed E-state index contributed by atoms with van der Waals surface area (Å²) in [7, 11) is 0. The molecule has 6 rings (SSSR count). The smallest absolute Gasteiger partial charge is 0.253 e. The number of nitrogens with one attached hydrogen (secondary N) is 1. The van der Waals surface area contributed by atoms with Gasteiger partial charge in [-0.25, -0.2) is 0 Å². The first kappa shape index (κ1) is 17.6. The van der Waals surface area contributed by atoms with E-state index in [4.69, 9.17) is 0 Å². The molecule has 0 aromatic heterocycles. The van der Waals surface area contributed by atoms with Crippen LogP contribution in [0.3, 0.4) is 0 Å². The summed E-state index contributed by atoms with van der Waals surface area (Å²) in [4.78, 5) is 15.2. The number of hydrogen-bond acceptors (Lipinski definition) is 2. The van der Waals surface area contributed by atoms with Crippen molar-refractivity contribution in [3.05, 3.63) is 65.2 Å². The molecule has 3 heteroatoms. The van der Waals surface area contributed by atoms with E-state index in [1.807, 2.05) is 0 Å². The van der Waals surface area contributed by atoms with Crippen LogP contribution in [0.25, 0.3) is 0 Å². The fourth-order valence-electron chi connectivity index (χ4n) is 6.89. The van der Waals surface area contributed by atoms with E-state index < -0.39 is 0 Å². The Morgan fingerprint density at radius 3 is 2.55 bits per heavy atom. The van der Waals surface area contributed by atoms with E-state index in [0.29, 0.717) is 17.9 Å². The van der Waals surface area contributed by atoms with Crippen molar-refractivity contribution in [2.24, 2.45) is 17.8 Å². The van der Waals surface area contributed by atoms with Gasteiger partial charge in [0.25, 0.3) is 5.91 Å². The zero-order valence-electron chi connectivity index (χ0n) is 17.0. The van der Waals surface area contributed by atoms with Gasteiger partial charge in [0.1, 0.15) is 0 Å². The summed E-state index contributed by atoms with van der Waals surface area (Å²) in [5, 5.41) is 3.89. The molecule has 1 saturated heterocycles. The highest BCUT2D eigenvalue weighted by molar-refractivity contribution is 5.95. The van der Waals surface area contributed by atoms with E-state index in [2.05, 4.69) is 58.7 Å². The van der Waals surface area contributed by atoms with Gasteiger partial charge in [-0.3, -0.25) is 4.79 Å². The van der Waals surface area contributed by atoms with Gasteiger partial charge in [-0.15, -0.1) is 0 Å². The Balaban J connectivity index is 1.38. The average Bonchev–Trinajstić information content (AvgIpc) is 3.42. The highest BCUT2D eigenvalue weighted by atomic mass is 16.2. The number of carbonyl (C=O) groups is 1. The molecule has 29 heavy (non-hydrogen) atoms. The van der Waals surface area contributed by atoms with Crippen molar-refractivity contribution in [2.45, 2.75) is 50.5 Å². The molecule has 2 aliphatic carbocycles.